The van der Waals surface area contributed by atoms with Crippen LogP contribution in [0.2, 0.25) is 0 Å². The minimum atomic E-state index is -0.466. The number of hydrogen-bond donors (Lipinski definition) is 0. The van der Waals surface area contributed by atoms with Crippen molar-refractivity contribution in [1.29, 1.82) is 0 Å². The predicted molar refractivity (Wildman–Crippen MR) is 101 cm³/mol. The van der Waals surface area contributed by atoms with Crippen LogP contribution in [0.15, 0.2) is 54.6 Å². The van der Waals surface area contributed by atoms with E-state index in [1.807, 2.05) is 18.2 Å². The van der Waals surface area contributed by atoms with Gasteiger partial charge in [-0.1, -0.05) is 30.3 Å². The van der Waals surface area contributed by atoms with Crippen LogP contribution in [0.1, 0.15) is 15.9 Å². The second kappa shape index (κ2) is 6.75. The monoisotopic (exact) mass is 349 g/mol. The largest absolute Gasteiger partial charge is 0.353 e. The van der Waals surface area contributed by atoms with Crippen molar-refractivity contribution in [3.63, 3.8) is 0 Å². The molecule has 1 amide bonds. The Labute approximate surface area is 151 Å². The number of halogens is 1. The summed E-state index contributed by atoms with van der Waals surface area (Å²) < 4.78 is 13.9. The summed E-state index contributed by atoms with van der Waals surface area (Å²) in [6, 6.07) is 16.3. The smallest absolute Gasteiger partial charge is 0.256 e. The van der Waals surface area contributed by atoms with Gasteiger partial charge in [-0.05, 0) is 36.8 Å². The summed E-state index contributed by atoms with van der Waals surface area (Å²) >= 11 is 0. The van der Waals surface area contributed by atoms with Gasteiger partial charge in [0.1, 0.15) is 11.6 Å². The molecule has 0 spiro atoms. The van der Waals surface area contributed by atoms with Gasteiger partial charge in [-0.2, -0.15) is 0 Å². The Morgan fingerprint density at radius 1 is 1.00 bits per heavy atom. The van der Waals surface area contributed by atoms with Crippen LogP contribution < -0.4 is 4.90 Å². The normalized spacial score (nSPS) is 14.7. The number of fused-ring (bicyclic) bond motifs is 1. The molecule has 0 saturated carbocycles. The fourth-order valence-electron chi connectivity index (χ4n) is 3.44. The average Bonchev–Trinajstić information content (AvgIpc) is 2.68. The van der Waals surface area contributed by atoms with E-state index >= 15 is 0 Å². The van der Waals surface area contributed by atoms with Crippen molar-refractivity contribution in [2.24, 2.45) is 0 Å². The van der Waals surface area contributed by atoms with Gasteiger partial charge in [-0.25, -0.2) is 9.37 Å². The van der Waals surface area contributed by atoms with Crippen molar-refractivity contribution in [3.05, 3.63) is 71.5 Å². The third-order valence-electron chi connectivity index (χ3n) is 4.90. The van der Waals surface area contributed by atoms with Gasteiger partial charge in [0, 0.05) is 31.6 Å². The molecule has 1 saturated heterocycles. The lowest BCUT2D eigenvalue weighted by atomic mass is 10.1. The van der Waals surface area contributed by atoms with E-state index < -0.39 is 5.82 Å². The molecule has 0 bridgehead atoms. The molecular formula is C21H20FN3O. The molecule has 3 aromatic rings. The van der Waals surface area contributed by atoms with Gasteiger partial charge in [0.2, 0.25) is 0 Å². The van der Waals surface area contributed by atoms with E-state index in [4.69, 9.17) is 4.98 Å². The lowest BCUT2D eigenvalue weighted by molar-refractivity contribution is 0.0742. The van der Waals surface area contributed by atoms with Gasteiger partial charge in [0.15, 0.2) is 0 Å². The van der Waals surface area contributed by atoms with Gasteiger partial charge >= 0.3 is 0 Å². The number of nitrogens with zero attached hydrogens (tertiary/aromatic N) is 3. The Bertz CT molecular complexity index is 964. The minimum Gasteiger partial charge on any atom is -0.353 e. The van der Waals surface area contributed by atoms with E-state index in [-0.39, 0.29) is 11.5 Å². The first kappa shape index (κ1) is 16.5. The first-order chi connectivity index (χ1) is 12.6. The Morgan fingerprint density at radius 3 is 2.46 bits per heavy atom. The SMILES string of the molecule is Cc1cc(N2CCN(C(=O)c3ccccc3F)CC2)nc2ccccc12. The molecule has 2 heterocycles. The number of hydrogen-bond acceptors (Lipinski definition) is 3. The van der Waals surface area contributed by atoms with Crippen LogP contribution in [0.3, 0.4) is 0 Å². The molecule has 4 rings (SSSR count). The van der Waals surface area contributed by atoms with E-state index in [1.54, 1.807) is 17.0 Å². The maximum atomic E-state index is 13.9. The molecule has 0 radical (unpaired) electrons. The number of para-hydroxylation sites is 1. The van der Waals surface area contributed by atoms with Gasteiger partial charge < -0.3 is 9.80 Å². The van der Waals surface area contributed by atoms with Crippen LogP contribution in [0.5, 0.6) is 0 Å². The fourth-order valence-corrected chi connectivity index (χ4v) is 3.44. The number of carbonyl (C=O) groups is 1. The zero-order valence-electron chi connectivity index (χ0n) is 14.7. The molecule has 0 aliphatic carbocycles. The van der Waals surface area contributed by atoms with Crippen molar-refractivity contribution in [2.75, 3.05) is 31.1 Å². The summed E-state index contributed by atoms with van der Waals surface area (Å²) in [7, 11) is 0. The number of aromatic nitrogens is 1. The molecule has 26 heavy (non-hydrogen) atoms. The Kier molecular flexibility index (Phi) is 4.29. The fraction of sp³-hybridized carbons (Fsp3) is 0.238. The molecule has 0 atom stereocenters. The zero-order valence-corrected chi connectivity index (χ0v) is 14.7. The zero-order chi connectivity index (χ0) is 18.1. The molecule has 5 heteroatoms. The summed E-state index contributed by atoms with van der Waals surface area (Å²) in [6.07, 6.45) is 0. The van der Waals surface area contributed by atoms with E-state index in [0.717, 1.165) is 16.7 Å². The Balaban J connectivity index is 1.50. The highest BCUT2D eigenvalue weighted by Crippen LogP contribution is 2.23. The summed E-state index contributed by atoms with van der Waals surface area (Å²) in [4.78, 5) is 21.2. The first-order valence-corrected chi connectivity index (χ1v) is 8.78. The van der Waals surface area contributed by atoms with Crippen LogP contribution in [0.25, 0.3) is 10.9 Å². The molecule has 4 nitrogen and oxygen atoms in total. The third-order valence-corrected chi connectivity index (χ3v) is 4.90. The molecule has 1 aliphatic heterocycles. The van der Waals surface area contributed by atoms with E-state index in [9.17, 15) is 9.18 Å². The number of rotatable bonds is 2. The van der Waals surface area contributed by atoms with Crippen LogP contribution >= 0.6 is 0 Å². The maximum Gasteiger partial charge on any atom is 0.256 e. The molecule has 1 aliphatic rings. The third kappa shape index (κ3) is 3.01. The summed E-state index contributed by atoms with van der Waals surface area (Å²) in [5, 5.41) is 1.16. The van der Waals surface area contributed by atoms with Gasteiger partial charge in [-0.15, -0.1) is 0 Å². The van der Waals surface area contributed by atoms with Gasteiger partial charge in [0.05, 0.1) is 11.1 Å². The summed E-state index contributed by atoms with van der Waals surface area (Å²) in [6.45, 7) is 4.57. The van der Waals surface area contributed by atoms with Crippen molar-refractivity contribution in [2.45, 2.75) is 6.92 Å². The predicted octanol–water partition coefficient (Wildman–Crippen LogP) is 3.64. The lowest BCUT2D eigenvalue weighted by Crippen LogP contribution is -2.49. The summed E-state index contributed by atoms with van der Waals surface area (Å²) in [5.74, 6) is 0.219. The van der Waals surface area contributed by atoms with Crippen LogP contribution in [0.4, 0.5) is 10.2 Å². The molecule has 132 valence electrons. The molecular weight excluding hydrogens is 329 g/mol. The average molecular weight is 349 g/mol. The van der Waals surface area contributed by atoms with Crippen molar-refractivity contribution >= 4 is 22.6 Å². The first-order valence-electron chi connectivity index (χ1n) is 8.78. The van der Waals surface area contributed by atoms with Gasteiger partial charge in [0.25, 0.3) is 5.91 Å². The quantitative estimate of drug-likeness (QED) is 0.709. The Hall–Kier alpha value is -2.95. The number of aryl methyl sites for hydroxylation is 1. The number of anilines is 1. The van der Waals surface area contributed by atoms with E-state index in [2.05, 4.69) is 24.0 Å². The highest BCUT2D eigenvalue weighted by molar-refractivity contribution is 5.94. The minimum absolute atomic E-state index is 0.139. The van der Waals surface area contributed by atoms with E-state index in [0.29, 0.717) is 26.2 Å². The Morgan fingerprint density at radius 2 is 1.69 bits per heavy atom. The number of carbonyl (C=O) groups excluding carboxylic acids is 1. The number of pyridine rings is 1. The van der Waals surface area contributed by atoms with Crippen LogP contribution in [-0.2, 0) is 0 Å². The molecule has 0 N–H and O–H groups in total. The summed E-state index contributed by atoms with van der Waals surface area (Å²) in [5.41, 5.74) is 2.31. The van der Waals surface area contributed by atoms with E-state index in [1.165, 1.54) is 17.7 Å². The molecule has 1 aromatic heterocycles. The van der Waals surface area contributed by atoms with Crippen LogP contribution in [0, 0.1) is 12.7 Å². The topological polar surface area (TPSA) is 36.4 Å². The lowest BCUT2D eigenvalue weighted by Gasteiger charge is -2.35. The maximum absolute atomic E-state index is 13.9. The highest BCUT2D eigenvalue weighted by atomic mass is 19.1. The van der Waals surface area contributed by atoms with Crippen LogP contribution in [-0.4, -0.2) is 42.0 Å². The van der Waals surface area contributed by atoms with Crippen molar-refractivity contribution < 1.29 is 9.18 Å². The number of amides is 1. The second-order valence-corrected chi connectivity index (χ2v) is 6.57. The number of piperazine rings is 1. The molecule has 1 fully saturated rings. The van der Waals surface area contributed by atoms with Crippen molar-refractivity contribution in [3.8, 4) is 0 Å². The number of benzene rings is 2. The van der Waals surface area contributed by atoms with Gasteiger partial charge in [-0.3, -0.25) is 4.79 Å². The second-order valence-electron chi connectivity index (χ2n) is 6.57. The van der Waals surface area contributed by atoms with Crippen molar-refractivity contribution in [1.82, 2.24) is 9.88 Å². The molecule has 2 aromatic carbocycles. The highest BCUT2D eigenvalue weighted by Gasteiger charge is 2.24. The standard InChI is InChI=1S/C21H20FN3O/c1-15-14-20(23-19-9-5-3-6-16(15)19)24-10-12-25(13-11-24)21(26)17-7-2-4-8-18(17)22/h2-9,14H,10-13H2,1H3. The molecule has 0 unspecified atom stereocenters.